The number of benzene rings is 3. The van der Waals surface area contributed by atoms with Gasteiger partial charge in [0.25, 0.3) is 0 Å². The van der Waals surface area contributed by atoms with Gasteiger partial charge in [-0.1, -0.05) is 125 Å². The normalized spacial score (nSPS) is 12.5. The molecule has 0 aliphatic rings. The zero-order valence-corrected chi connectivity index (χ0v) is 36.3. The van der Waals surface area contributed by atoms with Crippen LogP contribution in [-0.4, -0.2) is 19.7 Å². The third kappa shape index (κ3) is 19.7. The summed E-state index contributed by atoms with van der Waals surface area (Å²) in [4.78, 5) is 2.65. The monoisotopic (exact) mass is 746 g/mol. The number of nitrogens with two attached hydrogens (primary N) is 4. The van der Waals surface area contributed by atoms with E-state index in [0.29, 0.717) is 17.4 Å². The van der Waals surface area contributed by atoms with Crippen LogP contribution in [0.3, 0.4) is 0 Å². The molecule has 3 aromatic rings. The van der Waals surface area contributed by atoms with Gasteiger partial charge in [0, 0.05) is 41.9 Å². The third-order valence-electron chi connectivity index (χ3n) is 10.9. The van der Waals surface area contributed by atoms with Crippen molar-refractivity contribution >= 4 is 28.4 Å². The molecule has 0 fully saturated rings. The van der Waals surface area contributed by atoms with Crippen LogP contribution < -0.4 is 32.6 Å². The first kappa shape index (κ1) is 48.5. The van der Waals surface area contributed by atoms with Crippen LogP contribution in [0.5, 0.6) is 5.75 Å². The van der Waals surface area contributed by atoms with Gasteiger partial charge in [-0.05, 0) is 117 Å². The van der Waals surface area contributed by atoms with Crippen LogP contribution in [0.15, 0.2) is 54.6 Å². The van der Waals surface area contributed by atoms with E-state index in [1.165, 1.54) is 120 Å². The van der Waals surface area contributed by atoms with Gasteiger partial charge in [0.05, 0.1) is 12.3 Å². The maximum atomic E-state index is 6.06. The Morgan fingerprint density at radius 1 is 0.537 bits per heavy atom. The van der Waals surface area contributed by atoms with Crippen LogP contribution in [0.2, 0.25) is 0 Å². The average Bonchev–Trinajstić information content (AvgIpc) is 3.17. The number of rotatable bonds is 23. The highest BCUT2D eigenvalue weighted by Gasteiger charge is 2.18. The lowest BCUT2D eigenvalue weighted by molar-refractivity contribution is 0.234. The Hall–Kier alpha value is -3.54. The molecule has 3 aromatic carbocycles. The second-order valence-electron chi connectivity index (χ2n) is 15.6. The Morgan fingerprint density at radius 2 is 1.04 bits per heavy atom. The van der Waals surface area contributed by atoms with Crippen LogP contribution >= 0.6 is 0 Å². The highest BCUT2D eigenvalue weighted by molar-refractivity contribution is 5.63. The van der Waals surface area contributed by atoms with E-state index < -0.39 is 0 Å². The van der Waals surface area contributed by atoms with Crippen molar-refractivity contribution in [3.05, 3.63) is 71.3 Å². The molecule has 3 unspecified atom stereocenters. The van der Waals surface area contributed by atoms with E-state index in [0.717, 1.165) is 47.5 Å². The molecule has 0 spiro atoms. The molecule has 8 N–H and O–H groups in total. The fraction of sp³-hybridized carbons (Fsp3) is 0.625. The Labute approximate surface area is 333 Å². The standard InChI is InChI=1S/C23H42N2.C15H26N2O.C10H15N/c1-6-10-12-20(8-3)17-25(18-21(9-4)13-11-7-2)22-14-15-23(24)19(5)16-22;1-4-6-7-12(5-2)10-18-15-9-13(16)11(3)8-14(15)17;1-2-3-4-9-5-7-10(11)8-6-9/h14-16,20-21H,6-13,17-18,24H2,1-5H3;8-9,12H,4-7,10,16-17H2,1-3H3;5-8H,2-4,11H2,1H3. The van der Waals surface area contributed by atoms with Crippen molar-refractivity contribution in [2.45, 2.75) is 159 Å². The van der Waals surface area contributed by atoms with Crippen LogP contribution in [0.1, 0.15) is 155 Å². The van der Waals surface area contributed by atoms with Gasteiger partial charge in [0.15, 0.2) is 0 Å². The van der Waals surface area contributed by atoms with E-state index in [2.05, 4.69) is 90.6 Å². The highest BCUT2D eigenvalue weighted by atomic mass is 16.5. The molecule has 0 aliphatic heterocycles. The number of nitrogens with zero attached hydrogens (tertiary/aromatic N) is 1. The van der Waals surface area contributed by atoms with Crippen LogP contribution in [0.25, 0.3) is 0 Å². The number of ether oxygens (including phenoxy) is 1. The lowest BCUT2D eigenvalue weighted by atomic mass is 9.95. The number of nitrogen functional groups attached to an aromatic ring is 4. The molecule has 0 saturated heterocycles. The average molecular weight is 746 g/mol. The minimum Gasteiger partial charge on any atom is -0.491 e. The summed E-state index contributed by atoms with van der Waals surface area (Å²) in [6.45, 7) is 23.1. The van der Waals surface area contributed by atoms with Crippen molar-refractivity contribution in [1.82, 2.24) is 0 Å². The zero-order valence-electron chi connectivity index (χ0n) is 36.3. The van der Waals surface area contributed by atoms with Crippen LogP contribution in [0, 0.1) is 31.6 Å². The van der Waals surface area contributed by atoms with Crippen molar-refractivity contribution in [2.75, 3.05) is 47.5 Å². The predicted octanol–water partition coefficient (Wildman–Crippen LogP) is 13.2. The van der Waals surface area contributed by atoms with Gasteiger partial charge < -0.3 is 32.6 Å². The van der Waals surface area contributed by atoms with Gasteiger partial charge >= 0.3 is 0 Å². The number of anilines is 5. The molecule has 0 bridgehead atoms. The first-order valence-corrected chi connectivity index (χ1v) is 21.7. The summed E-state index contributed by atoms with van der Waals surface area (Å²) in [6.07, 6.45) is 19.1. The fourth-order valence-electron chi connectivity index (χ4n) is 6.62. The molecule has 306 valence electrons. The summed E-state index contributed by atoms with van der Waals surface area (Å²) >= 11 is 0. The topological polar surface area (TPSA) is 117 Å². The molecule has 0 aromatic heterocycles. The van der Waals surface area contributed by atoms with Gasteiger partial charge in [-0.3, -0.25) is 0 Å². The molecule has 3 rings (SSSR count). The summed E-state index contributed by atoms with van der Waals surface area (Å²) in [6, 6.07) is 18.4. The Kier molecular flexibility index (Phi) is 25.9. The summed E-state index contributed by atoms with van der Waals surface area (Å²) < 4.78 is 5.82. The smallest absolute Gasteiger partial charge is 0.144 e. The van der Waals surface area contributed by atoms with Crippen molar-refractivity contribution in [3.8, 4) is 5.75 Å². The fourth-order valence-corrected chi connectivity index (χ4v) is 6.62. The zero-order chi connectivity index (χ0) is 40.3. The van der Waals surface area contributed by atoms with Crippen molar-refractivity contribution in [3.63, 3.8) is 0 Å². The molecule has 0 amide bonds. The second kappa shape index (κ2) is 28.8. The third-order valence-corrected chi connectivity index (χ3v) is 10.9. The maximum absolute atomic E-state index is 6.06. The summed E-state index contributed by atoms with van der Waals surface area (Å²) in [5.41, 5.74) is 31.5. The van der Waals surface area contributed by atoms with Crippen molar-refractivity contribution in [2.24, 2.45) is 17.8 Å². The Balaban J connectivity index is 0.000000437. The Morgan fingerprint density at radius 3 is 1.52 bits per heavy atom. The number of aryl methyl sites for hydroxylation is 3. The summed E-state index contributed by atoms with van der Waals surface area (Å²) in [5, 5.41) is 0. The predicted molar refractivity (Wildman–Crippen MR) is 243 cm³/mol. The number of hydrogen-bond acceptors (Lipinski definition) is 6. The second-order valence-corrected chi connectivity index (χ2v) is 15.6. The molecule has 0 radical (unpaired) electrons. The number of unbranched alkanes of at least 4 members (excludes halogenated alkanes) is 4. The van der Waals surface area contributed by atoms with Crippen LogP contribution in [0.4, 0.5) is 28.4 Å². The van der Waals surface area contributed by atoms with Crippen molar-refractivity contribution < 1.29 is 4.74 Å². The largest absolute Gasteiger partial charge is 0.491 e. The van der Waals surface area contributed by atoms with Gasteiger partial charge in [-0.2, -0.15) is 0 Å². The van der Waals surface area contributed by atoms with Gasteiger partial charge in [-0.15, -0.1) is 0 Å². The van der Waals surface area contributed by atoms with E-state index in [9.17, 15) is 0 Å². The molecule has 0 aliphatic carbocycles. The van der Waals surface area contributed by atoms with E-state index in [1.54, 1.807) is 0 Å². The molecule has 0 heterocycles. The molecule has 54 heavy (non-hydrogen) atoms. The molecular weight excluding hydrogens is 663 g/mol. The Bertz CT molecular complexity index is 1360. The highest BCUT2D eigenvalue weighted by Crippen LogP contribution is 2.29. The molecular formula is C48H83N5O. The first-order valence-electron chi connectivity index (χ1n) is 21.7. The van der Waals surface area contributed by atoms with E-state index in [4.69, 9.17) is 27.7 Å². The van der Waals surface area contributed by atoms with E-state index >= 15 is 0 Å². The lowest BCUT2D eigenvalue weighted by Crippen LogP contribution is -2.34. The molecule has 0 saturated carbocycles. The van der Waals surface area contributed by atoms with Gasteiger partial charge in [-0.25, -0.2) is 0 Å². The lowest BCUT2D eigenvalue weighted by Gasteiger charge is -2.33. The van der Waals surface area contributed by atoms with Crippen molar-refractivity contribution in [1.29, 1.82) is 0 Å². The quantitative estimate of drug-likeness (QED) is 0.0718. The summed E-state index contributed by atoms with van der Waals surface area (Å²) in [5.74, 6) is 2.91. The number of hydrogen-bond donors (Lipinski definition) is 4. The first-order chi connectivity index (χ1) is 26.0. The van der Waals surface area contributed by atoms with Crippen LogP contribution in [-0.2, 0) is 6.42 Å². The summed E-state index contributed by atoms with van der Waals surface area (Å²) in [7, 11) is 0. The van der Waals surface area contributed by atoms with Gasteiger partial charge in [0.1, 0.15) is 5.75 Å². The molecule has 6 heteroatoms. The van der Waals surface area contributed by atoms with E-state index in [-0.39, 0.29) is 0 Å². The molecule has 3 atom stereocenters. The van der Waals surface area contributed by atoms with E-state index in [1.807, 2.05) is 31.2 Å². The minimum atomic E-state index is 0.604. The minimum absolute atomic E-state index is 0.604. The van der Waals surface area contributed by atoms with Gasteiger partial charge in [0.2, 0.25) is 0 Å². The molecule has 6 nitrogen and oxygen atoms in total. The maximum Gasteiger partial charge on any atom is 0.144 e. The SMILES string of the molecule is CCCCC(CC)CN(CC(CC)CCCC)c1ccc(N)c(C)c1.CCCCC(CC)COc1cc(N)c(C)cc1N.CCCCc1ccc(N)cc1.